The monoisotopic (exact) mass is 355 g/mol. The first kappa shape index (κ1) is 17.1. The van der Waals surface area contributed by atoms with Crippen LogP contribution in [0.4, 0.5) is 5.82 Å². The second-order valence-electron chi connectivity index (χ2n) is 7.10. The van der Waals surface area contributed by atoms with Crippen LogP contribution in [0.25, 0.3) is 5.69 Å². The van der Waals surface area contributed by atoms with E-state index >= 15 is 0 Å². The number of rotatable bonds is 4. The van der Waals surface area contributed by atoms with Gasteiger partial charge in [0, 0.05) is 44.8 Å². The van der Waals surface area contributed by atoms with E-state index < -0.39 is 12.0 Å². The molecule has 1 aromatic heterocycles. The number of anilines is 1. The first-order valence-electron chi connectivity index (χ1n) is 9.19. The van der Waals surface area contributed by atoms with Gasteiger partial charge in [0.05, 0.1) is 11.4 Å². The Morgan fingerprint density at radius 1 is 1.19 bits per heavy atom. The molecular formula is C19H25N5O2. The summed E-state index contributed by atoms with van der Waals surface area (Å²) in [7, 11) is 0. The quantitative estimate of drug-likeness (QED) is 0.856. The van der Waals surface area contributed by atoms with Crippen LogP contribution < -0.4 is 10.2 Å². The highest BCUT2D eigenvalue weighted by atomic mass is 16.4. The second-order valence-corrected chi connectivity index (χ2v) is 7.10. The first-order valence-corrected chi connectivity index (χ1v) is 9.19. The molecule has 2 aliphatic rings. The maximum Gasteiger partial charge on any atom is 0.320 e. The zero-order valence-electron chi connectivity index (χ0n) is 15.0. The van der Waals surface area contributed by atoms with Crippen LogP contribution in [0.15, 0.2) is 36.4 Å². The normalized spacial score (nSPS) is 24.1. The summed E-state index contributed by atoms with van der Waals surface area (Å²) in [4.78, 5) is 15.9. The molecule has 2 saturated heterocycles. The Bertz CT molecular complexity index is 767. The fourth-order valence-corrected chi connectivity index (χ4v) is 3.97. The number of carbonyl (C=O) groups is 1. The van der Waals surface area contributed by atoms with E-state index in [0.29, 0.717) is 12.5 Å². The van der Waals surface area contributed by atoms with Crippen LogP contribution in [0.3, 0.4) is 0 Å². The summed E-state index contributed by atoms with van der Waals surface area (Å²) in [6.45, 7) is 6.52. The lowest BCUT2D eigenvalue weighted by Crippen LogP contribution is -2.51. The van der Waals surface area contributed by atoms with Gasteiger partial charge in [0.2, 0.25) is 0 Å². The number of aliphatic carboxylic acids is 1. The number of hydrogen-bond donors (Lipinski definition) is 2. The number of carboxylic acid groups (broad SMARTS) is 1. The topological polar surface area (TPSA) is 73.6 Å². The Morgan fingerprint density at radius 3 is 2.58 bits per heavy atom. The Balaban J connectivity index is 1.44. The van der Waals surface area contributed by atoms with Crippen molar-refractivity contribution in [2.24, 2.45) is 0 Å². The lowest BCUT2D eigenvalue weighted by molar-refractivity contribution is -0.139. The van der Waals surface area contributed by atoms with Gasteiger partial charge in [-0.2, -0.15) is 5.10 Å². The summed E-state index contributed by atoms with van der Waals surface area (Å²) in [6, 6.07) is 12.3. The average molecular weight is 355 g/mol. The molecule has 138 valence electrons. The van der Waals surface area contributed by atoms with Crippen LogP contribution in [0.5, 0.6) is 0 Å². The largest absolute Gasteiger partial charge is 0.480 e. The van der Waals surface area contributed by atoms with Gasteiger partial charge >= 0.3 is 5.97 Å². The van der Waals surface area contributed by atoms with E-state index in [-0.39, 0.29) is 0 Å². The Labute approximate surface area is 153 Å². The van der Waals surface area contributed by atoms with Crippen LogP contribution in [0.1, 0.15) is 12.1 Å². The lowest BCUT2D eigenvalue weighted by atomic mass is 10.1. The van der Waals surface area contributed by atoms with Crippen molar-refractivity contribution in [3.05, 3.63) is 42.1 Å². The van der Waals surface area contributed by atoms with Crippen molar-refractivity contribution in [2.45, 2.75) is 25.4 Å². The predicted octanol–water partition coefficient (Wildman–Crippen LogP) is 1.12. The number of nitrogens with zero attached hydrogens (tertiary/aromatic N) is 4. The van der Waals surface area contributed by atoms with E-state index in [1.54, 1.807) is 0 Å². The highest BCUT2D eigenvalue weighted by Gasteiger charge is 2.34. The minimum Gasteiger partial charge on any atom is -0.480 e. The molecule has 7 heteroatoms. The first-order chi connectivity index (χ1) is 12.6. The van der Waals surface area contributed by atoms with E-state index in [9.17, 15) is 4.79 Å². The summed E-state index contributed by atoms with van der Waals surface area (Å²) in [5.74, 6) is 0.384. The Kier molecular flexibility index (Phi) is 4.65. The van der Waals surface area contributed by atoms with Crippen LogP contribution in [0, 0.1) is 6.92 Å². The molecule has 2 atom stereocenters. The zero-order chi connectivity index (χ0) is 18.1. The maximum absolute atomic E-state index is 11.1. The third-order valence-electron chi connectivity index (χ3n) is 5.37. The molecule has 4 rings (SSSR count). The summed E-state index contributed by atoms with van der Waals surface area (Å²) in [5.41, 5.74) is 2.08. The molecule has 0 bridgehead atoms. The van der Waals surface area contributed by atoms with Gasteiger partial charge in [-0.1, -0.05) is 18.2 Å². The van der Waals surface area contributed by atoms with Gasteiger partial charge in [-0.05, 0) is 25.5 Å². The van der Waals surface area contributed by atoms with Crippen molar-refractivity contribution in [2.75, 3.05) is 37.6 Å². The van der Waals surface area contributed by atoms with Gasteiger partial charge in [-0.15, -0.1) is 0 Å². The number of aromatic nitrogens is 2. The van der Waals surface area contributed by atoms with Gasteiger partial charge in [-0.25, -0.2) is 4.68 Å². The molecule has 0 spiro atoms. The fourth-order valence-electron chi connectivity index (χ4n) is 3.97. The Hall–Kier alpha value is -2.38. The van der Waals surface area contributed by atoms with Gasteiger partial charge in [0.15, 0.2) is 0 Å². The van der Waals surface area contributed by atoms with Crippen LogP contribution in [0.2, 0.25) is 0 Å². The summed E-state index contributed by atoms with van der Waals surface area (Å²) < 4.78 is 2.02. The molecule has 7 nitrogen and oxygen atoms in total. The number of para-hydroxylation sites is 1. The molecule has 2 aromatic rings. The molecule has 3 heterocycles. The number of carboxylic acids is 1. The Morgan fingerprint density at radius 2 is 1.92 bits per heavy atom. The van der Waals surface area contributed by atoms with Gasteiger partial charge in [0.25, 0.3) is 0 Å². The summed E-state index contributed by atoms with van der Waals surface area (Å²) in [6.07, 6.45) is 0.691. The van der Waals surface area contributed by atoms with E-state index in [1.807, 2.05) is 29.8 Å². The van der Waals surface area contributed by atoms with Crippen molar-refractivity contribution in [3.8, 4) is 5.69 Å². The molecule has 2 aliphatic heterocycles. The van der Waals surface area contributed by atoms with E-state index in [1.165, 1.54) is 0 Å². The van der Waals surface area contributed by atoms with E-state index in [2.05, 4.69) is 38.4 Å². The highest BCUT2D eigenvalue weighted by Crippen LogP contribution is 2.24. The molecule has 0 aliphatic carbocycles. The standard InChI is InChI=1S/C19H25N5O2/c1-14-11-18(24(21-14)15-5-3-2-4-6-15)23-9-7-22(8-10-23)16-12-17(19(25)26)20-13-16/h2-6,11,16-17,20H,7-10,12-13H2,1H3,(H,25,26). The van der Waals surface area contributed by atoms with Gasteiger partial charge in [-0.3, -0.25) is 9.69 Å². The van der Waals surface area contributed by atoms with Crippen molar-refractivity contribution in [1.29, 1.82) is 0 Å². The van der Waals surface area contributed by atoms with Crippen molar-refractivity contribution in [3.63, 3.8) is 0 Å². The molecule has 26 heavy (non-hydrogen) atoms. The molecular weight excluding hydrogens is 330 g/mol. The lowest BCUT2D eigenvalue weighted by Gasteiger charge is -2.38. The van der Waals surface area contributed by atoms with Crippen molar-refractivity contribution in [1.82, 2.24) is 20.0 Å². The molecule has 2 fully saturated rings. The predicted molar refractivity (Wildman–Crippen MR) is 99.9 cm³/mol. The molecule has 0 radical (unpaired) electrons. The number of aryl methyl sites for hydroxylation is 1. The molecule has 2 unspecified atom stereocenters. The minimum absolute atomic E-state index is 0.319. The molecule has 0 saturated carbocycles. The number of nitrogens with one attached hydrogen (secondary N) is 1. The SMILES string of the molecule is Cc1cc(N2CCN(C3CNC(C(=O)O)C3)CC2)n(-c2ccccc2)n1. The highest BCUT2D eigenvalue weighted by molar-refractivity contribution is 5.74. The van der Waals surface area contributed by atoms with E-state index in [0.717, 1.165) is 49.9 Å². The van der Waals surface area contributed by atoms with Crippen molar-refractivity contribution >= 4 is 11.8 Å². The number of benzene rings is 1. The number of piperazine rings is 1. The molecule has 1 aromatic carbocycles. The molecule has 2 N–H and O–H groups in total. The zero-order valence-corrected chi connectivity index (χ0v) is 15.0. The number of hydrogen-bond acceptors (Lipinski definition) is 5. The van der Waals surface area contributed by atoms with Crippen LogP contribution >= 0.6 is 0 Å². The summed E-state index contributed by atoms with van der Waals surface area (Å²) in [5, 5.41) is 16.9. The van der Waals surface area contributed by atoms with Crippen LogP contribution in [-0.4, -0.2) is 70.6 Å². The average Bonchev–Trinajstić information content (AvgIpc) is 3.30. The fraction of sp³-hybridized carbons (Fsp3) is 0.474. The maximum atomic E-state index is 11.1. The van der Waals surface area contributed by atoms with E-state index in [4.69, 9.17) is 5.11 Å². The van der Waals surface area contributed by atoms with Crippen LogP contribution in [-0.2, 0) is 4.79 Å². The third-order valence-corrected chi connectivity index (χ3v) is 5.37. The van der Waals surface area contributed by atoms with Crippen molar-refractivity contribution < 1.29 is 9.90 Å². The summed E-state index contributed by atoms with van der Waals surface area (Å²) >= 11 is 0. The molecule has 0 amide bonds. The van der Waals surface area contributed by atoms with Gasteiger partial charge < -0.3 is 15.3 Å². The smallest absolute Gasteiger partial charge is 0.320 e. The second kappa shape index (κ2) is 7.09. The minimum atomic E-state index is -0.742. The third kappa shape index (κ3) is 3.32. The van der Waals surface area contributed by atoms with Gasteiger partial charge in [0.1, 0.15) is 11.9 Å².